The first kappa shape index (κ1) is 15.8. The van der Waals surface area contributed by atoms with Crippen LogP contribution in [0.3, 0.4) is 0 Å². The summed E-state index contributed by atoms with van der Waals surface area (Å²) in [6.45, 7) is 3.51. The van der Waals surface area contributed by atoms with Crippen LogP contribution in [0, 0.1) is 6.92 Å². The molecule has 1 aromatic heterocycles. The molecule has 0 atom stereocenters. The molecule has 0 amide bonds. The van der Waals surface area contributed by atoms with Crippen LogP contribution in [0.4, 0.5) is 0 Å². The highest BCUT2D eigenvalue weighted by Gasteiger charge is 2.05. The van der Waals surface area contributed by atoms with Gasteiger partial charge in [0.15, 0.2) is 5.82 Å². The van der Waals surface area contributed by atoms with Gasteiger partial charge in [0.2, 0.25) is 0 Å². The summed E-state index contributed by atoms with van der Waals surface area (Å²) in [6, 6.07) is 8.02. The average Bonchev–Trinajstić information content (AvgIpc) is 2.94. The fraction of sp³-hybridized carbons (Fsp3) is 0.357. The Morgan fingerprint density at radius 2 is 1.81 bits per heavy atom. The van der Waals surface area contributed by atoms with Crippen molar-refractivity contribution in [3.05, 3.63) is 41.9 Å². The van der Waals surface area contributed by atoms with Gasteiger partial charge in [0.1, 0.15) is 0 Å². The maximum absolute atomic E-state index is 5.77. The second-order valence-electron chi connectivity index (χ2n) is 4.51. The first-order valence-corrected chi connectivity index (χ1v) is 7.71. The lowest BCUT2D eigenvalue weighted by Crippen LogP contribution is -2.21. The van der Waals surface area contributed by atoms with E-state index >= 15 is 0 Å². The average molecular weight is 326 g/mol. The zero-order chi connectivity index (χ0) is 15.1. The molecule has 0 radical (unpaired) electrons. The van der Waals surface area contributed by atoms with Crippen LogP contribution >= 0.6 is 23.2 Å². The molecule has 1 aromatic carbocycles. The van der Waals surface area contributed by atoms with E-state index in [-0.39, 0.29) is 0 Å². The molecule has 0 spiro atoms. The van der Waals surface area contributed by atoms with Gasteiger partial charge in [-0.05, 0) is 29.5 Å². The van der Waals surface area contributed by atoms with Gasteiger partial charge in [0, 0.05) is 37.1 Å². The molecule has 2 aromatic rings. The van der Waals surface area contributed by atoms with Crippen molar-refractivity contribution < 1.29 is 0 Å². The lowest BCUT2D eigenvalue weighted by molar-refractivity contribution is 0.426. The van der Waals surface area contributed by atoms with Gasteiger partial charge in [0.25, 0.3) is 0 Å². The van der Waals surface area contributed by atoms with E-state index in [0.29, 0.717) is 17.6 Å². The molecule has 21 heavy (non-hydrogen) atoms. The first-order chi connectivity index (χ1) is 10.2. The number of hydrogen-bond acceptors (Lipinski definition) is 4. The minimum atomic E-state index is 0.546. The van der Waals surface area contributed by atoms with Crippen molar-refractivity contribution in [3.8, 4) is 5.69 Å². The van der Waals surface area contributed by atoms with E-state index in [4.69, 9.17) is 23.2 Å². The molecule has 0 fully saturated rings. The van der Waals surface area contributed by atoms with Crippen LogP contribution in [0.15, 0.2) is 30.5 Å². The maximum atomic E-state index is 5.77. The van der Waals surface area contributed by atoms with Crippen molar-refractivity contribution in [2.45, 2.75) is 6.92 Å². The van der Waals surface area contributed by atoms with Gasteiger partial charge >= 0.3 is 0 Å². The van der Waals surface area contributed by atoms with E-state index in [1.165, 1.54) is 5.56 Å². The van der Waals surface area contributed by atoms with Crippen LogP contribution in [0.25, 0.3) is 11.8 Å². The molecule has 0 N–H and O–H groups in total. The van der Waals surface area contributed by atoms with Crippen molar-refractivity contribution in [3.63, 3.8) is 0 Å². The van der Waals surface area contributed by atoms with Crippen molar-refractivity contribution >= 4 is 29.3 Å². The summed E-state index contributed by atoms with van der Waals surface area (Å²) in [5, 5.41) is 11.8. The lowest BCUT2D eigenvalue weighted by Gasteiger charge is -2.16. The monoisotopic (exact) mass is 325 g/mol. The number of aromatic nitrogens is 4. The van der Waals surface area contributed by atoms with Crippen molar-refractivity contribution in [1.29, 1.82) is 0 Å². The van der Waals surface area contributed by atoms with Crippen LogP contribution in [0.2, 0.25) is 0 Å². The third-order valence-electron chi connectivity index (χ3n) is 2.95. The van der Waals surface area contributed by atoms with Gasteiger partial charge in [-0.15, -0.1) is 28.3 Å². The number of benzene rings is 1. The summed E-state index contributed by atoms with van der Waals surface area (Å²) >= 11 is 11.5. The summed E-state index contributed by atoms with van der Waals surface area (Å²) in [4.78, 5) is 2.04. The molecule has 0 saturated carbocycles. The number of hydrogen-bond donors (Lipinski definition) is 0. The predicted molar refractivity (Wildman–Crippen MR) is 85.9 cm³/mol. The van der Waals surface area contributed by atoms with Crippen molar-refractivity contribution in [1.82, 2.24) is 25.1 Å². The molecular weight excluding hydrogens is 309 g/mol. The Bertz CT molecular complexity index is 573. The topological polar surface area (TPSA) is 46.8 Å². The maximum Gasteiger partial charge on any atom is 0.181 e. The highest BCUT2D eigenvalue weighted by Crippen LogP contribution is 2.10. The normalized spacial score (nSPS) is 11.2. The van der Waals surface area contributed by atoms with Gasteiger partial charge in [-0.2, -0.15) is 4.68 Å². The number of alkyl halides is 2. The minimum Gasteiger partial charge on any atom is -0.375 e. The fourth-order valence-corrected chi connectivity index (χ4v) is 2.25. The highest BCUT2D eigenvalue weighted by molar-refractivity contribution is 6.18. The van der Waals surface area contributed by atoms with E-state index in [1.54, 1.807) is 4.68 Å². The Balaban J connectivity index is 2.18. The van der Waals surface area contributed by atoms with E-state index in [0.717, 1.165) is 18.8 Å². The molecule has 0 unspecified atom stereocenters. The fourth-order valence-electron chi connectivity index (χ4n) is 1.82. The van der Waals surface area contributed by atoms with Gasteiger partial charge in [-0.3, -0.25) is 0 Å². The zero-order valence-electron chi connectivity index (χ0n) is 11.8. The molecule has 0 aliphatic heterocycles. The summed E-state index contributed by atoms with van der Waals surface area (Å²) in [5.74, 6) is 1.75. The quantitative estimate of drug-likeness (QED) is 0.734. The third-order valence-corrected chi connectivity index (χ3v) is 3.29. The van der Waals surface area contributed by atoms with Crippen LogP contribution in [-0.2, 0) is 0 Å². The van der Waals surface area contributed by atoms with Crippen LogP contribution in [0.5, 0.6) is 0 Å². The molecule has 0 saturated heterocycles. The van der Waals surface area contributed by atoms with E-state index in [9.17, 15) is 0 Å². The second kappa shape index (κ2) is 8.00. The summed E-state index contributed by atoms with van der Waals surface area (Å²) in [7, 11) is 0. The van der Waals surface area contributed by atoms with Gasteiger partial charge < -0.3 is 4.90 Å². The Labute approximate surface area is 134 Å². The summed E-state index contributed by atoms with van der Waals surface area (Å²) in [5.41, 5.74) is 2.12. The Morgan fingerprint density at radius 3 is 2.43 bits per heavy atom. The molecule has 7 heteroatoms. The summed E-state index contributed by atoms with van der Waals surface area (Å²) < 4.78 is 1.69. The molecular formula is C14H17Cl2N5. The standard InChI is InChI=1S/C14H17Cl2N5/c1-12-2-4-13(5-3-12)21-14(17-18-19-21)6-9-20(10-7-15)11-8-16/h2-6,9H,7-8,10-11H2,1H3/b9-6+. The van der Waals surface area contributed by atoms with Crippen molar-refractivity contribution in [2.75, 3.05) is 24.8 Å². The Hall–Kier alpha value is -1.59. The van der Waals surface area contributed by atoms with Crippen LogP contribution in [-0.4, -0.2) is 50.0 Å². The number of tetrazole rings is 1. The molecule has 0 aliphatic rings. The van der Waals surface area contributed by atoms with Crippen LogP contribution < -0.4 is 0 Å². The number of halogens is 2. The molecule has 0 bridgehead atoms. The highest BCUT2D eigenvalue weighted by atomic mass is 35.5. The first-order valence-electron chi connectivity index (χ1n) is 6.64. The molecule has 5 nitrogen and oxygen atoms in total. The zero-order valence-corrected chi connectivity index (χ0v) is 13.3. The van der Waals surface area contributed by atoms with Crippen molar-refractivity contribution in [2.24, 2.45) is 0 Å². The minimum absolute atomic E-state index is 0.546. The SMILES string of the molecule is Cc1ccc(-n2nnnc2/C=C/N(CCCl)CCCl)cc1. The Kier molecular flexibility index (Phi) is 6.02. The summed E-state index contributed by atoms with van der Waals surface area (Å²) in [6.07, 6.45) is 3.78. The van der Waals surface area contributed by atoms with Gasteiger partial charge in [-0.1, -0.05) is 17.7 Å². The van der Waals surface area contributed by atoms with Gasteiger partial charge in [0.05, 0.1) is 5.69 Å². The molecule has 112 valence electrons. The number of aryl methyl sites for hydroxylation is 1. The van der Waals surface area contributed by atoms with Crippen LogP contribution in [0.1, 0.15) is 11.4 Å². The lowest BCUT2D eigenvalue weighted by atomic mass is 10.2. The van der Waals surface area contributed by atoms with E-state index < -0.39 is 0 Å². The van der Waals surface area contributed by atoms with E-state index in [2.05, 4.69) is 15.5 Å². The number of rotatable bonds is 7. The second-order valence-corrected chi connectivity index (χ2v) is 5.27. The smallest absolute Gasteiger partial charge is 0.181 e. The molecule has 2 rings (SSSR count). The van der Waals surface area contributed by atoms with E-state index in [1.807, 2.05) is 48.4 Å². The van der Waals surface area contributed by atoms with Gasteiger partial charge in [-0.25, -0.2) is 0 Å². The Morgan fingerprint density at radius 1 is 1.14 bits per heavy atom. The number of nitrogens with zero attached hydrogens (tertiary/aromatic N) is 5. The molecule has 0 aliphatic carbocycles. The largest absolute Gasteiger partial charge is 0.375 e. The predicted octanol–water partition coefficient (Wildman–Crippen LogP) is 2.72. The third kappa shape index (κ3) is 4.44. The molecule has 1 heterocycles.